The Bertz CT molecular complexity index is 404. The molecule has 110 valence electrons. The molecule has 1 aromatic carbocycles. The van der Waals surface area contributed by atoms with E-state index in [4.69, 9.17) is 0 Å². The van der Waals surface area contributed by atoms with E-state index in [0.717, 1.165) is 32.1 Å². The van der Waals surface area contributed by atoms with E-state index < -0.39 is 11.8 Å². The molecule has 0 spiro atoms. The van der Waals surface area contributed by atoms with Crippen LogP contribution < -0.4 is 10.6 Å². The first-order chi connectivity index (χ1) is 9.74. The molecule has 0 saturated carbocycles. The van der Waals surface area contributed by atoms with Crippen LogP contribution in [0.4, 0.5) is 0 Å². The normalized spacial score (nSPS) is 10.1. The van der Waals surface area contributed by atoms with E-state index in [-0.39, 0.29) is 0 Å². The summed E-state index contributed by atoms with van der Waals surface area (Å²) in [5, 5.41) is 5.27. The molecular weight excluding hydrogens is 252 g/mol. The van der Waals surface area contributed by atoms with Gasteiger partial charge in [0.2, 0.25) is 0 Å². The summed E-state index contributed by atoms with van der Waals surface area (Å²) < 4.78 is 0. The Morgan fingerprint density at radius 3 is 2.10 bits per heavy atom. The van der Waals surface area contributed by atoms with Gasteiger partial charge in [0.1, 0.15) is 0 Å². The number of hydrogen-bond acceptors (Lipinski definition) is 2. The molecule has 1 aromatic rings. The van der Waals surface area contributed by atoms with Crippen LogP contribution in [0.25, 0.3) is 0 Å². The van der Waals surface area contributed by atoms with E-state index in [2.05, 4.69) is 29.7 Å². The fourth-order valence-electron chi connectivity index (χ4n) is 1.88. The summed E-state index contributed by atoms with van der Waals surface area (Å²) in [5.41, 5.74) is 1.24. The summed E-state index contributed by atoms with van der Waals surface area (Å²) in [6, 6.07) is 10.1. The topological polar surface area (TPSA) is 58.2 Å². The molecule has 0 aromatic heterocycles. The molecule has 0 atom stereocenters. The van der Waals surface area contributed by atoms with Crippen molar-refractivity contribution < 1.29 is 9.59 Å². The lowest BCUT2D eigenvalue weighted by Gasteiger charge is -2.06. The van der Waals surface area contributed by atoms with Crippen LogP contribution in [0.15, 0.2) is 30.3 Å². The molecule has 0 bridgehead atoms. The van der Waals surface area contributed by atoms with Crippen molar-refractivity contribution in [2.45, 2.75) is 39.0 Å². The second-order valence-electron chi connectivity index (χ2n) is 4.81. The fourth-order valence-corrected chi connectivity index (χ4v) is 1.88. The highest BCUT2D eigenvalue weighted by Gasteiger charge is 2.11. The third-order valence-corrected chi connectivity index (χ3v) is 3.04. The van der Waals surface area contributed by atoms with Crippen molar-refractivity contribution in [1.29, 1.82) is 0 Å². The van der Waals surface area contributed by atoms with Crippen molar-refractivity contribution in [3.8, 4) is 0 Å². The molecule has 0 aliphatic carbocycles. The molecule has 2 amide bonds. The third-order valence-electron chi connectivity index (χ3n) is 3.04. The molecule has 0 fully saturated rings. The number of carbonyl (C=O) groups is 2. The lowest BCUT2D eigenvalue weighted by atomic mass is 10.1. The predicted octanol–water partition coefficient (Wildman–Crippen LogP) is 2.04. The van der Waals surface area contributed by atoms with E-state index in [9.17, 15) is 9.59 Å². The summed E-state index contributed by atoms with van der Waals surface area (Å²) in [6.07, 6.45) is 4.82. The van der Waals surface area contributed by atoms with Crippen molar-refractivity contribution >= 4 is 11.8 Å². The number of benzene rings is 1. The number of rotatable bonds is 8. The van der Waals surface area contributed by atoms with Gasteiger partial charge >= 0.3 is 11.8 Å². The molecule has 20 heavy (non-hydrogen) atoms. The molecule has 4 nitrogen and oxygen atoms in total. The van der Waals surface area contributed by atoms with E-state index in [1.807, 2.05) is 18.2 Å². The molecule has 0 radical (unpaired) electrons. The Morgan fingerprint density at radius 2 is 1.50 bits per heavy atom. The Hall–Kier alpha value is -1.84. The molecule has 0 aliphatic rings. The summed E-state index contributed by atoms with van der Waals surface area (Å²) >= 11 is 0. The van der Waals surface area contributed by atoms with Crippen molar-refractivity contribution in [1.82, 2.24) is 10.6 Å². The number of carbonyl (C=O) groups excluding carboxylic acids is 2. The van der Waals surface area contributed by atoms with Crippen LogP contribution in [0.1, 0.15) is 38.2 Å². The van der Waals surface area contributed by atoms with Crippen LogP contribution in [0.5, 0.6) is 0 Å². The zero-order valence-corrected chi connectivity index (χ0v) is 12.2. The standard InChI is InChI=1S/C16H24N2O2/c1-2-3-7-12-17-15(19)16(20)18-13-8-11-14-9-5-4-6-10-14/h4-6,9-10H,2-3,7-8,11-13H2,1H3,(H,17,19)(H,18,20). The minimum absolute atomic E-state index is 0.524. The smallest absolute Gasteiger partial charge is 0.309 e. The lowest BCUT2D eigenvalue weighted by Crippen LogP contribution is -2.40. The van der Waals surface area contributed by atoms with Crippen LogP contribution >= 0.6 is 0 Å². The van der Waals surface area contributed by atoms with Gasteiger partial charge < -0.3 is 10.6 Å². The second kappa shape index (κ2) is 10.0. The Morgan fingerprint density at radius 1 is 0.900 bits per heavy atom. The molecule has 1 rings (SSSR count). The maximum Gasteiger partial charge on any atom is 0.309 e. The average Bonchev–Trinajstić information content (AvgIpc) is 2.48. The van der Waals surface area contributed by atoms with E-state index >= 15 is 0 Å². The number of amides is 2. The van der Waals surface area contributed by atoms with Crippen molar-refractivity contribution in [2.24, 2.45) is 0 Å². The van der Waals surface area contributed by atoms with Gasteiger partial charge in [0, 0.05) is 13.1 Å². The Labute approximate surface area is 121 Å². The monoisotopic (exact) mass is 276 g/mol. The van der Waals surface area contributed by atoms with Gasteiger partial charge in [-0.1, -0.05) is 50.1 Å². The van der Waals surface area contributed by atoms with Crippen LogP contribution in [0.2, 0.25) is 0 Å². The highest BCUT2D eigenvalue weighted by molar-refractivity contribution is 6.35. The zero-order valence-electron chi connectivity index (χ0n) is 12.2. The number of nitrogens with one attached hydrogen (secondary N) is 2. The molecule has 2 N–H and O–H groups in total. The highest BCUT2D eigenvalue weighted by atomic mass is 16.2. The lowest BCUT2D eigenvalue weighted by molar-refractivity contribution is -0.139. The van der Waals surface area contributed by atoms with E-state index in [0.29, 0.717) is 13.1 Å². The van der Waals surface area contributed by atoms with Crippen LogP contribution in [-0.4, -0.2) is 24.9 Å². The molecule has 0 aliphatic heterocycles. The molecule has 0 heterocycles. The quantitative estimate of drug-likeness (QED) is 0.564. The molecular formula is C16H24N2O2. The summed E-state index contributed by atoms with van der Waals surface area (Å²) in [5.74, 6) is -1.06. The molecule has 4 heteroatoms. The van der Waals surface area contributed by atoms with Gasteiger partial charge in [0.15, 0.2) is 0 Å². The molecule has 0 saturated heterocycles. The van der Waals surface area contributed by atoms with Gasteiger partial charge in [-0.15, -0.1) is 0 Å². The van der Waals surface area contributed by atoms with Gasteiger partial charge in [0.25, 0.3) is 0 Å². The summed E-state index contributed by atoms with van der Waals surface area (Å²) in [4.78, 5) is 22.9. The average molecular weight is 276 g/mol. The first kappa shape index (κ1) is 16.2. The first-order valence-corrected chi connectivity index (χ1v) is 7.34. The number of aryl methyl sites for hydroxylation is 1. The Kier molecular flexibility index (Phi) is 8.11. The van der Waals surface area contributed by atoms with Gasteiger partial charge in [0.05, 0.1) is 0 Å². The van der Waals surface area contributed by atoms with Crippen LogP contribution in [0, 0.1) is 0 Å². The van der Waals surface area contributed by atoms with Crippen molar-refractivity contribution in [2.75, 3.05) is 13.1 Å². The van der Waals surface area contributed by atoms with E-state index in [1.165, 1.54) is 5.56 Å². The highest BCUT2D eigenvalue weighted by Crippen LogP contribution is 2.01. The van der Waals surface area contributed by atoms with Gasteiger partial charge in [-0.05, 0) is 24.8 Å². The van der Waals surface area contributed by atoms with Gasteiger partial charge in [-0.25, -0.2) is 0 Å². The second-order valence-corrected chi connectivity index (χ2v) is 4.81. The van der Waals surface area contributed by atoms with E-state index in [1.54, 1.807) is 0 Å². The van der Waals surface area contributed by atoms with Crippen LogP contribution in [-0.2, 0) is 16.0 Å². The largest absolute Gasteiger partial charge is 0.348 e. The zero-order chi connectivity index (χ0) is 14.6. The van der Waals surface area contributed by atoms with Crippen LogP contribution in [0.3, 0.4) is 0 Å². The number of hydrogen-bond donors (Lipinski definition) is 2. The van der Waals surface area contributed by atoms with Crippen molar-refractivity contribution in [3.05, 3.63) is 35.9 Å². The predicted molar refractivity (Wildman–Crippen MR) is 80.3 cm³/mol. The number of unbranched alkanes of at least 4 members (excludes halogenated alkanes) is 2. The fraction of sp³-hybridized carbons (Fsp3) is 0.500. The SMILES string of the molecule is CCCCCNC(=O)C(=O)NCCCc1ccccc1. The third kappa shape index (κ3) is 6.92. The van der Waals surface area contributed by atoms with Gasteiger partial charge in [-0.2, -0.15) is 0 Å². The first-order valence-electron chi connectivity index (χ1n) is 7.34. The van der Waals surface area contributed by atoms with Crippen molar-refractivity contribution in [3.63, 3.8) is 0 Å². The maximum absolute atomic E-state index is 11.5. The summed E-state index contributed by atoms with van der Waals surface area (Å²) in [6.45, 7) is 3.20. The maximum atomic E-state index is 11.5. The molecule has 0 unspecified atom stereocenters. The summed E-state index contributed by atoms with van der Waals surface area (Å²) in [7, 11) is 0. The minimum Gasteiger partial charge on any atom is -0.348 e. The minimum atomic E-state index is -0.533. The Balaban J connectivity index is 2.08. The van der Waals surface area contributed by atoms with Gasteiger partial charge in [-0.3, -0.25) is 9.59 Å².